The van der Waals surface area contributed by atoms with Gasteiger partial charge in [0.2, 0.25) is 5.91 Å². The van der Waals surface area contributed by atoms with E-state index in [9.17, 15) is 9.59 Å². The summed E-state index contributed by atoms with van der Waals surface area (Å²) in [5.41, 5.74) is 3.05. The molecule has 0 saturated carbocycles. The first kappa shape index (κ1) is 15.8. The van der Waals surface area contributed by atoms with Gasteiger partial charge in [-0.25, -0.2) is 0 Å². The fourth-order valence-electron chi connectivity index (χ4n) is 3.38. The van der Waals surface area contributed by atoms with E-state index in [1.165, 1.54) is 0 Å². The third-order valence-electron chi connectivity index (χ3n) is 4.70. The first-order valence-electron chi connectivity index (χ1n) is 8.51. The molecule has 0 radical (unpaired) electrons. The third-order valence-corrected chi connectivity index (χ3v) is 4.70. The van der Waals surface area contributed by atoms with Crippen LogP contribution in [0.2, 0.25) is 0 Å². The van der Waals surface area contributed by atoms with Gasteiger partial charge in [-0.05, 0) is 30.5 Å². The van der Waals surface area contributed by atoms with Crippen LogP contribution >= 0.6 is 0 Å². The number of fused-ring (bicyclic) bond motifs is 1. The number of piperazine rings is 1. The smallest absolute Gasteiger partial charge is 0.254 e. The molecule has 0 spiro atoms. The molecule has 1 N–H and O–H groups in total. The molecule has 0 unspecified atom stereocenters. The van der Waals surface area contributed by atoms with Crippen LogP contribution in [-0.4, -0.2) is 54.3 Å². The Morgan fingerprint density at radius 3 is 2.48 bits per heavy atom. The van der Waals surface area contributed by atoms with Gasteiger partial charge in [0.25, 0.3) is 5.91 Å². The molecule has 0 aliphatic carbocycles. The Balaban J connectivity index is 1.70. The lowest BCUT2D eigenvalue weighted by atomic mass is 9.96. The number of rotatable bonds is 2. The molecule has 2 heterocycles. The Bertz CT molecular complexity index is 604. The fraction of sp³-hybridized carbons (Fsp3) is 0.556. The summed E-state index contributed by atoms with van der Waals surface area (Å²) in [5, 5.41) is 3.37. The minimum atomic E-state index is 0.0180. The molecule has 1 aromatic rings. The number of hydrogen-bond acceptors (Lipinski definition) is 3. The zero-order valence-electron chi connectivity index (χ0n) is 14.0. The molecule has 1 aromatic carbocycles. The van der Waals surface area contributed by atoms with Crippen LogP contribution in [0.25, 0.3) is 0 Å². The highest BCUT2D eigenvalue weighted by molar-refractivity contribution is 5.97. The Morgan fingerprint density at radius 1 is 1.09 bits per heavy atom. The predicted molar refractivity (Wildman–Crippen MR) is 90.6 cm³/mol. The van der Waals surface area contributed by atoms with Crippen LogP contribution in [0.1, 0.15) is 36.2 Å². The van der Waals surface area contributed by atoms with Gasteiger partial charge in [-0.3, -0.25) is 9.59 Å². The molecule has 1 saturated heterocycles. The van der Waals surface area contributed by atoms with E-state index in [1.807, 2.05) is 41.8 Å². The average molecular weight is 315 g/mol. The van der Waals surface area contributed by atoms with Gasteiger partial charge in [-0.1, -0.05) is 19.9 Å². The summed E-state index contributed by atoms with van der Waals surface area (Å²) in [6.45, 7) is 7.32. The SMILES string of the molecule is CC(C)C(=O)N1CCN(C(=O)c2cccc3c2CCCN3)CC1. The molecule has 5 nitrogen and oxygen atoms in total. The average Bonchev–Trinajstić information content (AvgIpc) is 2.60. The van der Waals surface area contributed by atoms with Crippen molar-refractivity contribution in [3.63, 3.8) is 0 Å². The Labute approximate surface area is 137 Å². The van der Waals surface area contributed by atoms with Gasteiger partial charge in [0.1, 0.15) is 0 Å². The quantitative estimate of drug-likeness (QED) is 0.908. The monoisotopic (exact) mass is 315 g/mol. The summed E-state index contributed by atoms with van der Waals surface area (Å²) in [5.74, 6) is 0.296. The number of nitrogens with zero attached hydrogens (tertiary/aromatic N) is 2. The molecular weight excluding hydrogens is 290 g/mol. The lowest BCUT2D eigenvalue weighted by Gasteiger charge is -2.36. The highest BCUT2D eigenvalue weighted by Gasteiger charge is 2.27. The van der Waals surface area contributed by atoms with Crippen molar-refractivity contribution < 1.29 is 9.59 Å². The van der Waals surface area contributed by atoms with E-state index < -0.39 is 0 Å². The van der Waals surface area contributed by atoms with E-state index in [0.717, 1.165) is 36.2 Å². The van der Waals surface area contributed by atoms with Crippen molar-refractivity contribution in [3.8, 4) is 0 Å². The van der Waals surface area contributed by atoms with Gasteiger partial charge < -0.3 is 15.1 Å². The van der Waals surface area contributed by atoms with Gasteiger partial charge in [-0.2, -0.15) is 0 Å². The van der Waals surface area contributed by atoms with Gasteiger partial charge in [0, 0.05) is 49.9 Å². The zero-order chi connectivity index (χ0) is 16.4. The highest BCUT2D eigenvalue weighted by Crippen LogP contribution is 2.26. The summed E-state index contributed by atoms with van der Waals surface area (Å²) >= 11 is 0. The first-order valence-corrected chi connectivity index (χ1v) is 8.51. The van der Waals surface area contributed by atoms with E-state index in [4.69, 9.17) is 0 Å². The maximum Gasteiger partial charge on any atom is 0.254 e. The van der Waals surface area contributed by atoms with Crippen LogP contribution in [0.15, 0.2) is 18.2 Å². The molecule has 23 heavy (non-hydrogen) atoms. The predicted octanol–water partition coefficient (Wildman–Crippen LogP) is 1.99. The van der Waals surface area contributed by atoms with E-state index in [1.54, 1.807) is 0 Å². The summed E-state index contributed by atoms with van der Waals surface area (Å²) in [7, 11) is 0. The number of hydrogen-bond donors (Lipinski definition) is 1. The number of carbonyl (C=O) groups is 2. The Hall–Kier alpha value is -2.04. The van der Waals surface area contributed by atoms with Crippen molar-refractivity contribution in [1.82, 2.24) is 9.80 Å². The first-order chi connectivity index (χ1) is 11.1. The van der Waals surface area contributed by atoms with E-state index in [0.29, 0.717) is 26.2 Å². The van der Waals surface area contributed by atoms with Gasteiger partial charge in [0.15, 0.2) is 0 Å². The molecule has 0 atom stereocenters. The second-order valence-corrected chi connectivity index (χ2v) is 6.63. The van der Waals surface area contributed by atoms with Gasteiger partial charge in [0.05, 0.1) is 0 Å². The molecule has 1 fully saturated rings. The lowest BCUT2D eigenvalue weighted by Crippen LogP contribution is -2.51. The molecular formula is C18H25N3O2. The normalized spacial score (nSPS) is 17.7. The van der Waals surface area contributed by atoms with E-state index >= 15 is 0 Å². The van der Waals surface area contributed by atoms with Crippen molar-refractivity contribution in [2.24, 2.45) is 5.92 Å². The van der Waals surface area contributed by atoms with E-state index in [-0.39, 0.29) is 17.7 Å². The Kier molecular flexibility index (Phi) is 4.55. The molecule has 3 rings (SSSR count). The van der Waals surface area contributed by atoms with Crippen LogP contribution < -0.4 is 5.32 Å². The maximum atomic E-state index is 12.9. The number of amides is 2. The minimum absolute atomic E-state index is 0.0180. The van der Waals surface area contributed by atoms with Crippen LogP contribution in [0, 0.1) is 5.92 Å². The van der Waals surface area contributed by atoms with Crippen LogP contribution in [0.5, 0.6) is 0 Å². The number of carbonyl (C=O) groups excluding carboxylic acids is 2. The van der Waals surface area contributed by atoms with E-state index in [2.05, 4.69) is 5.32 Å². The maximum absolute atomic E-state index is 12.9. The highest BCUT2D eigenvalue weighted by atomic mass is 16.2. The number of anilines is 1. The van der Waals surface area contributed by atoms with Crippen molar-refractivity contribution >= 4 is 17.5 Å². The molecule has 124 valence electrons. The summed E-state index contributed by atoms with van der Waals surface area (Å²) < 4.78 is 0. The Morgan fingerprint density at radius 2 is 1.78 bits per heavy atom. The fourth-order valence-corrected chi connectivity index (χ4v) is 3.38. The zero-order valence-corrected chi connectivity index (χ0v) is 14.0. The second-order valence-electron chi connectivity index (χ2n) is 6.63. The van der Waals surface area contributed by atoms with Crippen molar-refractivity contribution in [2.45, 2.75) is 26.7 Å². The van der Waals surface area contributed by atoms with Crippen molar-refractivity contribution in [3.05, 3.63) is 29.3 Å². The lowest BCUT2D eigenvalue weighted by molar-refractivity contribution is -0.135. The largest absolute Gasteiger partial charge is 0.385 e. The molecule has 2 aliphatic rings. The van der Waals surface area contributed by atoms with Crippen molar-refractivity contribution in [2.75, 3.05) is 38.0 Å². The summed E-state index contributed by atoms with van der Waals surface area (Å²) in [6.07, 6.45) is 2.02. The molecule has 5 heteroatoms. The standard InChI is InChI=1S/C18H25N3O2/c1-13(2)17(22)20-9-11-21(12-10-20)18(23)15-5-3-7-16-14(15)6-4-8-19-16/h3,5,7,13,19H,4,6,8-12H2,1-2H3. The van der Waals surface area contributed by atoms with Crippen molar-refractivity contribution in [1.29, 1.82) is 0 Å². The van der Waals surface area contributed by atoms with Gasteiger partial charge in [-0.15, -0.1) is 0 Å². The third kappa shape index (κ3) is 3.19. The minimum Gasteiger partial charge on any atom is -0.385 e. The molecule has 0 bridgehead atoms. The summed E-state index contributed by atoms with van der Waals surface area (Å²) in [4.78, 5) is 28.7. The topological polar surface area (TPSA) is 52.7 Å². The molecule has 2 amide bonds. The molecule has 2 aliphatic heterocycles. The van der Waals surface area contributed by atoms with Crippen LogP contribution in [-0.2, 0) is 11.2 Å². The summed E-state index contributed by atoms with van der Waals surface area (Å²) in [6, 6.07) is 5.92. The van der Waals surface area contributed by atoms with Crippen LogP contribution in [0.3, 0.4) is 0 Å². The van der Waals surface area contributed by atoms with Crippen LogP contribution in [0.4, 0.5) is 5.69 Å². The number of benzene rings is 1. The number of nitrogens with one attached hydrogen (secondary N) is 1. The van der Waals surface area contributed by atoms with Gasteiger partial charge >= 0.3 is 0 Å². The molecule has 0 aromatic heterocycles. The second kappa shape index (κ2) is 6.60.